The molecule has 0 aromatic carbocycles. The van der Waals surface area contributed by atoms with Gasteiger partial charge >= 0.3 is 0 Å². The van der Waals surface area contributed by atoms with Crippen LogP contribution in [0.1, 0.15) is 22.5 Å². The Kier molecular flexibility index (Phi) is 5.88. The zero-order chi connectivity index (χ0) is 15.3. The van der Waals surface area contributed by atoms with Crippen molar-refractivity contribution in [1.82, 2.24) is 15.0 Å². The van der Waals surface area contributed by atoms with Crippen molar-refractivity contribution in [2.75, 3.05) is 13.1 Å². The van der Waals surface area contributed by atoms with Crippen LogP contribution in [0.2, 0.25) is 0 Å². The topological polar surface area (TPSA) is 71.1 Å². The second-order valence-corrected chi connectivity index (χ2v) is 8.20. The normalized spacial score (nSPS) is 11.9. The van der Waals surface area contributed by atoms with Crippen LogP contribution in [0.3, 0.4) is 0 Å². The first-order chi connectivity index (χ1) is 10.0. The number of thiophene rings is 1. The van der Waals surface area contributed by atoms with Gasteiger partial charge in [-0.2, -0.15) is 0 Å². The van der Waals surface area contributed by atoms with Gasteiger partial charge in [0.25, 0.3) is 0 Å². The highest BCUT2D eigenvalue weighted by atomic mass is 32.2. The Balaban J connectivity index is 1.96. The molecule has 2 rings (SSSR count). The van der Waals surface area contributed by atoms with E-state index in [1.54, 1.807) is 17.4 Å². The lowest BCUT2D eigenvalue weighted by Crippen LogP contribution is -2.27. The summed E-state index contributed by atoms with van der Waals surface area (Å²) in [5.74, 6) is 0. The van der Waals surface area contributed by atoms with Gasteiger partial charge in [-0.1, -0.05) is 6.92 Å². The monoisotopic (exact) mass is 345 g/mol. The van der Waals surface area contributed by atoms with E-state index < -0.39 is 10.0 Å². The van der Waals surface area contributed by atoms with E-state index >= 15 is 0 Å². The molecule has 116 valence electrons. The van der Waals surface area contributed by atoms with Gasteiger partial charge in [0, 0.05) is 35.5 Å². The lowest BCUT2D eigenvalue weighted by Gasteiger charge is -2.07. The molecule has 0 saturated heterocycles. The molecule has 0 aliphatic carbocycles. The summed E-state index contributed by atoms with van der Waals surface area (Å²) in [5, 5.41) is 7.89. The van der Waals surface area contributed by atoms with Crippen LogP contribution in [0.25, 0.3) is 0 Å². The number of thiazole rings is 1. The lowest BCUT2D eigenvalue weighted by molar-refractivity contribution is 0.580. The van der Waals surface area contributed by atoms with E-state index in [-0.39, 0.29) is 0 Å². The molecule has 21 heavy (non-hydrogen) atoms. The minimum absolute atomic E-state index is 0.367. The fraction of sp³-hybridized carbons (Fsp3) is 0.462. The Morgan fingerprint density at radius 3 is 2.81 bits per heavy atom. The summed E-state index contributed by atoms with van der Waals surface area (Å²) in [5.41, 5.74) is 0.976. The van der Waals surface area contributed by atoms with E-state index in [1.807, 2.05) is 24.6 Å². The molecule has 0 aliphatic heterocycles. The number of rotatable bonds is 8. The third kappa shape index (κ3) is 4.58. The zero-order valence-electron chi connectivity index (χ0n) is 12.0. The molecule has 0 unspecified atom stereocenters. The smallest absolute Gasteiger partial charge is 0.241 e. The van der Waals surface area contributed by atoms with E-state index in [2.05, 4.69) is 15.0 Å². The lowest BCUT2D eigenvalue weighted by atomic mass is 10.4. The Hall–Kier alpha value is -0.800. The van der Waals surface area contributed by atoms with Gasteiger partial charge in [0.05, 0.1) is 9.90 Å². The van der Waals surface area contributed by atoms with Crippen LogP contribution in [-0.2, 0) is 23.0 Å². The molecule has 0 saturated carbocycles. The summed E-state index contributed by atoms with van der Waals surface area (Å²) < 4.78 is 27.3. The summed E-state index contributed by atoms with van der Waals surface area (Å²) in [6.45, 7) is 5.69. The van der Waals surface area contributed by atoms with Crippen molar-refractivity contribution in [3.05, 3.63) is 32.4 Å². The first-order valence-corrected chi connectivity index (χ1v) is 9.95. The largest absolute Gasteiger partial charge is 0.312 e. The number of sulfonamides is 1. The van der Waals surface area contributed by atoms with Crippen LogP contribution in [0, 0.1) is 6.92 Å². The number of hydrogen-bond donors (Lipinski definition) is 2. The third-order valence-corrected chi connectivity index (χ3v) is 6.45. The molecule has 2 aromatic heterocycles. The maximum atomic E-state index is 12.3. The van der Waals surface area contributed by atoms with Crippen LogP contribution in [0.4, 0.5) is 0 Å². The van der Waals surface area contributed by atoms with E-state index in [0.717, 1.165) is 22.1 Å². The van der Waals surface area contributed by atoms with Crippen LogP contribution < -0.4 is 10.0 Å². The molecule has 0 fully saturated rings. The molecule has 0 radical (unpaired) electrons. The van der Waals surface area contributed by atoms with Gasteiger partial charge in [-0.3, -0.25) is 0 Å². The van der Waals surface area contributed by atoms with Gasteiger partial charge in [0.15, 0.2) is 0 Å². The van der Waals surface area contributed by atoms with Crippen molar-refractivity contribution in [3.63, 3.8) is 0 Å². The highest BCUT2D eigenvalue weighted by Gasteiger charge is 2.19. The summed E-state index contributed by atoms with van der Waals surface area (Å²) >= 11 is 3.02. The van der Waals surface area contributed by atoms with E-state index in [1.165, 1.54) is 11.3 Å². The fourth-order valence-electron chi connectivity index (χ4n) is 1.82. The minimum Gasteiger partial charge on any atom is -0.312 e. The van der Waals surface area contributed by atoms with Crippen molar-refractivity contribution >= 4 is 32.7 Å². The second-order valence-electron chi connectivity index (χ2n) is 4.52. The van der Waals surface area contributed by atoms with Crippen LogP contribution >= 0.6 is 22.7 Å². The molecule has 2 heterocycles. The maximum absolute atomic E-state index is 12.3. The van der Waals surface area contributed by atoms with E-state index in [9.17, 15) is 8.42 Å². The Bertz CT molecular complexity index is 676. The standard InChI is InChI=1S/C13H19N3O2S3/c1-3-14-8-11-12(5-7-19-11)21(17,18)15-6-4-13-16-10(2)9-20-13/h5,7,9,14-15H,3-4,6,8H2,1-2H3. The molecule has 0 amide bonds. The molecule has 8 heteroatoms. The average molecular weight is 346 g/mol. The molecule has 5 nitrogen and oxygen atoms in total. The highest BCUT2D eigenvalue weighted by Crippen LogP contribution is 2.21. The number of nitrogens with zero attached hydrogens (tertiary/aromatic N) is 1. The van der Waals surface area contributed by atoms with Gasteiger partial charge in [0.2, 0.25) is 10.0 Å². The molecule has 2 aromatic rings. The van der Waals surface area contributed by atoms with Gasteiger partial charge in [0.1, 0.15) is 0 Å². The molecular weight excluding hydrogens is 326 g/mol. The quantitative estimate of drug-likeness (QED) is 0.769. The minimum atomic E-state index is -3.44. The van der Waals surface area contributed by atoms with Crippen LogP contribution in [-0.4, -0.2) is 26.5 Å². The predicted octanol–water partition coefficient (Wildman–Crippen LogP) is 2.14. The number of aromatic nitrogens is 1. The summed E-state index contributed by atoms with van der Waals surface area (Å²) in [4.78, 5) is 5.55. The molecule has 0 atom stereocenters. The van der Waals surface area contributed by atoms with Gasteiger partial charge in [-0.25, -0.2) is 18.1 Å². The van der Waals surface area contributed by atoms with Gasteiger partial charge in [-0.15, -0.1) is 22.7 Å². The van der Waals surface area contributed by atoms with Crippen molar-refractivity contribution in [3.8, 4) is 0 Å². The summed E-state index contributed by atoms with van der Waals surface area (Å²) in [6, 6.07) is 1.66. The molecule has 2 N–H and O–H groups in total. The van der Waals surface area contributed by atoms with Crippen molar-refractivity contribution < 1.29 is 8.42 Å². The number of aryl methyl sites for hydroxylation is 1. The van der Waals surface area contributed by atoms with Crippen molar-refractivity contribution in [2.45, 2.75) is 31.7 Å². The second kappa shape index (κ2) is 7.46. The van der Waals surface area contributed by atoms with Crippen molar-refractivity contribution in [2.24, 2.45) is 0 Å². The summed E-state index contributed by atoms with van der Waals surface area (Å²) in [7, 11) is -3.44. The fourth-order valence-corrected chi connectivity index (χ4v) is 5.04. The summed E-state index contributed by atoms with van der Waals surface area (Å²) in [6.07, 6.45) is 0.615. The molecular formula is C13H19N3O2S3. The predicted molar refractivity (Wildman–Crippen MR) is 87.4 cm³/mol. The molecule has 0 spiro atoms. The first kappa shape index (κ1) is 16.6. The van der Waals surface area contributed by atoms with Crippen LogP contribution in [0.5, 0.6) is 0 Å². The Labute approximate surface area is 133 Å². The van der Waals surface area contributed by atoms with Gasteiger partial charge < -0.3 is 5.32 Å². The third-order valence-electron chi connectivity index (χ3n) is 2.83. The highest BCUT2D eigenvalue weighted by molar-refractivity contribution is 7.89. The Morgan fingerprint density at radius 1 is 1.33 bits per heavy atom. The Morgan fingerprint density at radius 2 is 2.14 bits per heavy atom. The first-order valence-electron chi connectivity index (χ1n) is 6.70. The average Bonchev–Trinajstić information content (AvgIpc) is 3.05. The van der Waals surface area contributed by atoms with E-state index in [0.29, 0.717) is 24.4 Å². The molecule has 0 aliphatic rings. The van der Waals surface area contributed by atoms with E-state index in [4.69, 9.17) is 0 Å². The molecule has 0 bridgehead atoms. The number of hydrogen-bond acceptors (Lipinski definition) is 6. The number of nitrogens with one attached hydrogen (secondary N) is 2. The zero-order valence-corrected chi connectivity index (χ0v) is 14.5. The maximum Gasteiger partial charge on any atom is 0.241 e. The van der Waals surface area contributed by atoms with Crippen molar-refractivity contribution in [1.29, 1.82) is 0 Å². The van der Waals surface area contributed by atoms with Crippen LogP contribution in [0.15, 0.2) is 21.7 Å². The SMILES string of the molecule is CCNCc1sccc1S(=O)(=O)NCCc1nc(C)cs1. The van der Waals surface area contributed by atoms with Gasteiger partial charge in [-0.05, 0) is 24.9 Å².